The zero-order chi connectivity index (χ0) is 11.0. The van der Waals surface area contributed by atoms with E-state index < -0.39 is 0 Å². The Morgan fingerprint density at radius 1 is 1.19 bits per heavy atom. The number of nitrogens with one attached hydrogen (secondary N) is 1. The van der Waals surface area contributed by atoms with E-state index in [0.717, 1.165) is 43.8 Å². The first-order chi connectivity index (χ1) is 7.81. The highest BCUT2D eigenvalue weighted by Crippen LogP contribution is 2.27. The lowest BCUT2D eigenvalue weighted by molar-refractivity contribution is 0.248. The van der Waals surface area contributed by atoms with Crippen molar-refractivity contribution in [3.05, 3.63) is 17.3 Å². The van der Waals surface area contributed by atoms with Gasteiger partial charge in [0.15, 0.2) is 11.0 Å². The maximum absolute atomic E-state index is 5.74. The van der Waals surface area contributed by atoms with Crippen LogP contribution in [0.3, 0.4) is 0 Å². The van der Waals surface area contributed by atoms with Crippen molar-refractivity contribution in [2.24, 2.45) is 11.8 Å². The normalized spacial score (nSPS) is 29.2. The van der Waals surface area contributed by atoms with Crippen molar-refractivity contribution in [1.82, 2.24) is 15.5 Å². The zero-order valence-electron chi connectivity index (χ0n) is 9.06. The number of fused-ring (bicyclic) bond motifs is 2. The van der Waals surface area contributed by atoms with Crippen LogP contribution < -0.4 is 10.2 Å². The van der Waals surface area contributed by atoms with Crippen LogP contribution in [0.1, 0.15) is 6.42 Å². The summed E-state index contributed by atoms with van der Waals surface area (Å²) in [5.41, 5.74) is 0. The van der Waals surface area contributed by atoms with E-state index in [2.05, 4.69) is 20.4 Å². The van der Waals surface area contributed by atoms with E-state index in [9.17, 15) is 0 Å². The van der Waals surface area contributed by atoms with Crippen LogP contribution in [-0.2, 0) is 0 Å². The molecule has 2 fully saturated rings. The van der Waals surface area contributed by atoms with E-state index in [1.165, 1.54) is 6.42 Å². The first-order valence-corrected chi connectivity index (χ1v) is 6.14. The Hall–Kier alpha value is -0.870. The van der Waals surface area contributed by atoms with E-state index in [4.69, 9.17) is 11.6 Å². The second kappa shape index (κ2) is 4.18. The van der Waals surface area contributed by atoms with Crippen molar-refractivity contribution in [3.63, 3.8) is 0 Å². The maximum atomic E-state index is 5.74. The van der Waals surface area contributed by atoms with Gasteiger partial charge < -0.3 is 10.2 Å². The molecule has 2 aliphatic rings. The standard InChI is InChI=1S/C11H15ClN4/c12-10-1-2-11(15-14-10)16-6-8-3-9(7-16)5-13-4-8/h1-2,8-9,13H,3-7H2. The summed E-state index contributed by atoms with van der Waals surface area (Å²) in [6.07, 6.45) is 1.35. The Morgan fingerprint density at radius 3 is 2.56 bits per heavy atom. The highest BCUT2D eigenvalue weighted by molar-refractivity contribution is 6.29. The molecule has 1 N–H and O–H groups in total. The minimum atomic E-state index is 0.461. The predicted octanol–water partition coefficient (Wildman–Crippen LogP) is 1.18. The Morgan fingerprint density at radius 2 is 1.94 bits per heavy atom. The molecule has 3 rings (SSSR count). The third-order valence-corrected chi connectivity index (χ3v) is 3.63. The number of anilines is 1. The molecule has 2 aliphatic heterocycles. The van der Waals surface area contributed by atoms with Crippen molar-refractivity contribution in [2.45, 2.75) is 6.42 Å². The summed E-state index contributed by atoms with van der Waals surface area (Å²) in [6.45, 7) is 4.43. The van der Waals surface area contributed by atoms with E-state index in [1.807, 2.05) is 12.1 Å². The molecule has 0 aromatic carbocycles. The van der Waals surface area contributed by atoms with Gasteiger partial charge in [-0.2, -0.15) is 0 Å². The van der Waals surface area contributed by atoms with Gasteiger partial charge in [0, 0.05) is 13.1 Å². The fourth-order valence-corrected chi connectivity index (χ4v) is 2.87. The molecule has 86 valence electrons. The van der Waals surface area contributed by atoms with Crippen molar-refractivity contribution < 1.29 is 0 Å². The maximum Gasteiger partial charge on any atom is 0.151 e. The van der Waals surface area contributed by atoms with E-state index in [-0.39, 0.29) is 0 Å². The van der Waals surface area contributed by atoms with Gasteiger partial charge in [-0.3, -0.25) is 0 Å². The monoisotopic (exact) mass is 238 g/mol. The lowest BCUT2D eigenvalue weighted by Gasteiger charge is -2.42. The first-order valence-electron chi connectivity index (χ1n) is 5.76. The van der Waals surface area contributed by atoms with Gasteiger partial charge in [-0.05, 0) is 43.5 Å². The van der Waals surface area contributed by atoms with Crippen LogP contribution in [0.2, 0.25) is 5.15 Å². The molecule has 3 heterocycles. The van der Waals surface area contributed by atoms with E-state index in [0.29, 0.717) is 5.15 Å². The molecule has 1 aromatic rings. The van der Waals surface area contributed by atoms with Crippen molar-refractivity contribution in [1.29, 1.82) is 0 Å². The fourth-order valence-electron chi connectivity index (χ4n) is 2.77. The number of rotatable bonds is 1. The topological polar surface area (TPSA) is 41.0 Å². The molecule has 0 radical (unpaired) electrons. The Balaban J connectivity index is 1.77. The van der Waals surface area contributed by atoms with Gasteiger partial charge in [0.1, 0.15) is 0 Å². The highest BCUT2D eigenvalue weighted by atomic mass is 35.5. The van der Waals surface area contributed by atoms with Gasteiger partial charge in [0.2, 0.25) is 0 Å². The predicted molar refractivity (Wildman–Crippen MR) is 63.7 cm³/mol. The summed E-state index contributed by atoms with van der Waals surface area (Å²) >= 11 is 5.74. The number of nitrogens with zero attached hydrogens (tertiary/aromatic N) is 3. The van der Waals surface area contributed by atoms with Gasteiger partial charge in [-0.25, -0.2) is 0 Å². The average Bonchev–Trinajstić information content (AvgIpc) is 2.29. The van der Waals surface area contributed by atoms with Crippen LogP contribution in [0.4, 0.5) is 5.82 Å². The Kier molecular flexibility index (Phi) is 2.69. The molecule has 16 heavy (non-hydrogen) atoms. The lowest BCUT2D eigenvalue weighted by atomic mass is 9.86. The fraction of sp³-hybridized carbons (Fsp3) is 0.636. The number of halogens is 1. The number of aromatic nitrogens is 2. The van der Waals surface area contributed by atoms with Crippen molar-refractivity contribution in [3.8, 4) is 0 Å². The molecule has 0 saturated carbocycles. The second-order valence-corrected chi connectivity index (χ2v) is 5.13. The lowest BCUT2D eigenvalue weighted by Crippen LogP contribution is -2.51. The summed E-state index contributed by atoms with van der Waals surface area (Å²) < 4.78 is 0. The van der Waals surface area contributed by atoms with Gasteiger partial charge in [0.25, 0.3) is 0 Å². The summed E-state index contributed by atoms with van der Waals surface area (Å²) in [5.74, 6) is 2.47. The third kappa shape index (κ3) is 1.99. The molecule has 2 atom stereocenters. The van der Waals surface area contributed by atoms with Gasteiger partial charge in [-0.15, -0.1) is 10.2 Å². The zero-order valence-corrected chi connectivity index (χ0v) is 9.82. The van der Waals surface area contributed by atoms with Crippen molar-refractivity contribution in [2.75, 3.05) is 31.1 Å². The molecule has 1 aromatic heterocycles. The largest absolute Gasteiger partial charge is 0.354 e. The number of hydrogen-bond donors (Lipinski definition) is 1. The molecular weight excluding hydrogens is 224 g/mol. The third-order valence-electron chi connectivity index (χ3n) is 3.43. The summed E-state index contributed by atoms with van der Waals surface area (Å²) in [5, 5.41) is 12.0. The minimum absolute atomic E-state index is 0.461. The van der Waals surface area contributed by atoms with Crippen LogP contribution in [0.15, 0.2) is 12.1 Å². The van der Waals surface area contributed by atoms with Gasteiger partial charge in [0.05, 0.1) is 0 Å². The number of piperidine rings is 2. The molecule has 2 bridgehead atoms. The first kappa shape index (κ1) is 10.3. The molecule has 2 saturated heterocycles. The van der Waals surface area contributed by atoms with E-state index >= 15 is 0 Å². The van der Waals surface area contributed by atoms with Crippen LogP contribution in [0, 0.1) is 11.8 Å². The van der Waals surface area contributed by atoms with Crippen molar-refractivity contribution >= 4 is 17.4 Å². The summed E-state index contributed by atoms with van der Waals surface area (Å²) in [6, 6.07) is 3.77. The Labute approximate surface area is 100.0 Å². The molecule has 0 amide bonds. The SMILES string of the molecule is Clc1ccc(N2CC3CNCC(C3)C2)nn1. The quantitative estimate of drug-likeness (QED) is 0.798. The molecule has 4 nitrogen and oxygen atoms in total. The van der Waals surface area contributed by atoms with Crippen LogP contribution >= 0.6 is 11.6 Å². The molecule has 0 spiro atoms. The molecular formula is C11H15ClN4. The smallest absolute Gasteiger partial charge is 0.151 e. The average molecular weight is 239 g/mol. The summed E-state index contributed by atoms with van der Waals surface area (Å²) in [7, 11) is 0. The van der Waals surface area contributed by atoms with Gasteiger partial charge in [-0.1, -0.05) is 11.6 Å². The van der Waals surface area contributed by atoms with E-state index in [1.54, 1.807) is 0 Å². The van der Waals surface area contributed by atoms with Crippen LogP contribution in [-0.4, -0.2) is 36.4 Å². The minimum Gasteiger partial charge on any atom is -0.354 e. The van der Waals surface area contributed by atoms with Gasteiger partial charge >= 0.3 is 0 Å². The summed E-state index contributed by atoms with van der Waals surface area (Å²) in [4.78, 5) is 2.34. The highest BCUT2D eigenvalue weighted by Gasteiger charge is 2.30. The molecule has 0 aliphatic carbocycles. The second-order valence-electron chi connectivity index (χ2n) is 4.75. The molecule has 2 unspecified atom stereocenters. The Bertz CT molecular complexity index is 355. The number of hydrogen-bond acceptors (Lipinski definition) is 4. The van der Waals surface area contributed by atoms with Crippen LogP contribution in [0.25, 0.3) is 0 Å². The van der Waals surface area contributed by atoms with Crippen LogP contribution in [0.5, 0.6) is 0 Å². The molecule has 5 heteroatoms.